The molecule has 2 heterocycles. The van der Waals surface area contributed by atoms with Crippen LogP contribution in [0.5, 0.6) is 0 Å². The van der Waals surface area contributed by atoms with Crippen LogP contribution in [-0.4, -0.2) is 41.3 Å². The highest BCUT2D eigenvalue weighted by molar-refractivity contribution is 5.24. The fourth-order valence-electron chi connectivity index (χ4n) is 2.27. The van der Waals surface area contributed by atoms with Gasteiger partial charge in [-0.2, -0.15) is 4.39 Å². The molecule has 1 aliphatic carbocycles. The number of hydrogen-bond donors (Lipinski definition) is 0. The van der Waals surface area contributed by atoms with Gasteiger partial charge in [-0.25, -0.2) is 13.5 Å². The van der Waals surface area contributed by atoms with Crippen molar-refractivity contribution in [3.63, 3.8) is 0 Å². The van der Waals surface area contributed by atoms with Crippen molar-refractivity contribution in [1.29, 1.82) is 0 Å². The molecule has 9 nitrogen and oxygen atoms in total. The third kappa shape index (κ3) is 2.63. The molecule has 1 saturated carbocycles. The molecule has 3 rings (SSSR count). The first-order chi connectivity index (χ1) is 10.5. The largest absolute Gasteiger partial charge is 0.343 e. The van der Waals surface area contributed by atoms with Gasteiger partial charge in [-0.05, 0) is 29.2 Å². The molecule has 118 valence electrons. The molecule has 0 radical (unpaired) electrons. The van der Waals surface area contributed by atoms with Crippen molar-refractivity contribution in [3.05, 3.63) is 28.1 Å². The maximum Gasteiger partial charge on any atom is 0.343 e. The van der Waals surface area contributed by atoms with Crippen LogP contribution in [0.1, 0.15) is 24.7 Å². The number of aromatic nitrogens is 6. The molecule has 2 aromatic rings. The molecule has 2 aromatic heterocycles. The lowest BCUT2D eigenvalue weighted by Gasteiger charge is -2.15. The average Bonchev–Trinajstić information content (AvgIpc) is 3.04. The fraction of sp³-hybridized carbons (Fsp3) is 0.600. The predicted octanol–water partition coefficient (Wildman–Crippen LogP) is 1.18. The Labute approximate surface area is 120 Å². The maximum absolute atomic E-state index is 13.5. The summed E-state index contributed by atoms with van der Waals surface area (Å²) >= 11 is 0. The van der Waals surface area contributed by atoms with E-state index in [1.165, 1.54) is 0 Å². The quantitative estimate of drug-likeness (QED) is 0.585. The Balaban J connectivity index is 1.99. The smallest absolute Gasteiger partial charge is 0.258 e. The highest BCUT2D eigenvalue weighted by Gasteiger charge is 2.39. The molecule has 0 N–H and O–H groups in total. The van der Waals surface area contributed by atoms with Crippen molar-refractivity contribution >= 4 is 5.69 Å². The minimum Gasteiger partial charge on any atom is -0.258 e. The van der Waals surface area contributed by atoms with Crippen molar-refractivity contribution in [2.45, 2.75) is 31.9 Å². The van der Waals surface area contributed by atoms with E-state index in [0.717, 1.165) is 28.4 Å². The van der Waals surface area contributed by atoms with E-state index in [1.807, 2.05) is 0 Å². The molecule has 1 atom stereocenters. The van der Waals surface area contributed by atoms with Gasteiger partial charge in [-0.15, -0.1) is 10.2 Å². The Kier molecular flexibility index (Phi) is 3.50. The van der Waals surface area contributed by atoms with E-state index in [9.17, 15) is 23.3 Å². The number of hydrogen-bond acceptors (Lipinski definition) is 6. The van der Waals surface area contributed by atoms with Gasteiger partial charge in [0.2, 0.25) is 0 Å². The third-order valence-electron chi connectivity index (χ3n) is 3.35. The molecule has 0 amide bonds. The fourth-order valence-corrected chi connectivity index (χ4v) is 2.27. The summed E-state index contributed by atoms with van der Waals surface area (Å²) in [5.41, 5.74) is -0.779. The Morgan fingerprint density at radius 1 is 1.45 bits per heavy atom. The van der Waals surface area contributed by atoms with Gasteiger partial charge in [-0.3, -0.25) is 14.8 Å². The Morgan fingerprint density at radius 3 is 2.73 bits per heavy atom. The van der Waals surface area contributed by atoms with E-state index in [2.05, 4.69) is 20.6 Å². The Bertz CT molecular complexity index is 697. The van der Waals surface area contributed by atoms with Crippen LogP contribution in [0.25, 0.3) is 0 Å². The Morgan fingerprint density at radius 2 is 2.18 bits per heavy atom. The summed E-state index contributed by atoms with van der Waals surface area (Å²) in [6.45, 7) is -0.711. The topological polar surface area (TPSA) is 105 Å². The average molecular weight is 317 g/mol. The first-order valence-corrected chi connectivity index (χ1v) is 6.40. The lowest BCUT2D eigenvalue weighted by atomic mass is 10.2. The second kappa shape index (κ2) is 5.35. The maximum atomic E-state index is 13.5. The molecule has 0 aliphatic heterocycles. The van der Waals surface area contributed by atoms with E-state index in [1.54, 1.807) is 0 Å². The highest BCUT2D eigenvalue weighted by Crippen LogP contribution is 2.43. The summed E-state index contributed by atoms with van der Waals surface area (Å²) in [6.07, 6.45) is -0.228. The zero-order valence-corrected chi connectivity index (χ0v) is 11.0. The summed E-state index contributed by atoms with van der Waals surface area (Å²) in [7, 11) is 0. The van der Waals surface area contributed by atoms with E-state index in [0.29, 0.717) is 0 Å². The summed E-state index contributed by atoms with van der Waals surface area (Å²) in [6, 6.07) is -0.711. The molecule has 1 fully saturated rings. The van der Waals surface area contributed by atoms with Gasteiger partial charge in [0.1, 0.15) is 18.8 Å². The van der Waals surface area contributed by atoms with Gasteiger partial charge in [0.15, 0.2) is 5.82 Å². The van der Waals surface area contributed by atoms with Gasteiger partial charge >= 0.3 is 11.6 Å². The van der Waals surface area contributed by atoms with Gasteiger partial charge in [-0.1, -0.05) is 0 Å². The van der Waals surface area contributed by atoms with Crippen molar-refractivity contribution in [2.75, 3.05) is 0 Å². The van der Waals surface area contributed by atoms with Gasteiger partial charge in [0, 0.05) is 0 Å². The summed E-state index contributed by atoms with van der Waals surface area (Å²) in [5, 5.41) is 24.7. The van der Waals surface area contributed by atoms with Crippen LogP contribution in [0, 0.1) is 22.0 Å². The first-order valence-electron chi connectivity index (χ1n) is 6.40. The molecule has 0 bridgehead atoms. The molecular formula is C10H10F3N7O2. The zero-order valence-electron chi connectivity index (χ0n) is 11.0. The molecule has 1 aliphatic rings. The van der Waals surface area contributed by atoms with Crippen LogP contribution < -0.4 is 0 Å². The zero-order chi connectivity index (χ0) is 15.9. The van der Waals surface area contributed by atoms with Gasteiger partial charge in [0.05, 0.1) is 4.92 Å². The van der Waals surface area contributed by atoms with Crippen LogP contribution >= 0.6 is 0 Å². The van der Waals surface area contributed by atoms with Gasteiger partial charge in [0.25, 0.3) is 6.43 Å². The van der Waals surface area contributed by atoms with Gasteiger partial charge < -0.3 is 0 Å². The molecule has 0 saturated heterocycles. The second-order valence-electron chi connectivity index (χ2n) is 4.93. The van der Waals surface area contributed by atoms with Crippen LogP contribution in [0.4, 0.5) is 18.9 Å². The number of nitrogens with zero attached hydrogens (tertiary/aromatic N) is 7. The minimum atomic E-state index is -2.66. The summed E-state index contributed by atoms with van der Waals surface area (Å²) < 4.78 is 40.6. The summed E-state index contributed by atoms with van der Waals surface area (Å²) in [5.74, 6) is -1.18. The standard InChI is InChI=1S/C10H10F3N7O2/c11-7(12)4-19-10(14-16-17-19)8(5-1-2-5)18-3-6(20(21)22)9(13)15-18/h3,5,7-8H,1-2,4H2. The molecule has 1 unspecified atom stereocenters. The van der Waals surface area contributed by atoms with Crippen LogP contribution in [-0.2, 0) is 6.54 Å². The van der Waals surface area contributed by atoms with E-state index >= 15 is 0 Å². The highest BCUT2D eigenvalue weighted by atomic mass is 19.3. The molecule has 22 heavy (non-hydrogen) atoms. The molecule has 0 spiro atoms. The monoisotopic (exact) mass is 317 g/mol. The first kappa shape index (κ1) is 14.4. The number of halogens is 3. The normalized spacial score (nSPS) is 16.2. The van der Waals surface area contributed by atoms with Crippen molar-refractivity contribution in [2.24, 2.45) is 5.92 Å². The lowest BCUT2D eigenvalue weighted by molar-refractivity contribution is -0.387. The van der Waals surface area contributed by atoms with E-state index in [-0.39, 0.29) is 11.7 Å². The van der Waals surface area contributed by atoms with Crippen molar-refractivity contribution < 1.29 is 18.1 Å². The lowest BCUT2D eigenvalue weighted by Crippen LogP contribution is -2.21. The van der Waals surface area contributed by atoms with Crippen molar-refractivity contribution in [1.82, 2.24) is 30.0 Å². The SMILES string of the molecule is O=[N+]([O-])c1cn(C(c2nnnn2CC(F)F)C2CC2)nc1F. The molecule has 0 aromatic carbocycles. The van der Waals surface area contributed by atoms with E-state index in [4.69, 9.17) is 0 Å². The van der Waals surface area contributed by atoms with E-state index < -0.39 is 35.6 Å². The summed E-state index contributed by atoms with van der Waals surface area (Å²) in [4.78, 5) is 9.81. The number of alkyl halides is 2. The second-order valence-corrected chi connectivity index (χ2v) is 4.93. The van der Waals surface area contributed by atoms with Crippen LogP contribution in [0.3, 0.4) is 0 Å². The molecular weight excluding hydrogens is 307 g/mol. The number of nitro groups is 1. The third-order valence-corrected chi connectivity index (χ3v) is 3.35. The Hall–Kier alpha value is -2.53. The molecule has 12 heteroatoms. The van der Waals surface area contributed by atoms with Crippen molar-refractivity contribution in [3.8, 4) is 0 Å². The van der Waals surface area contributed by atoms with Crippen LogP contribution in [0.2, 0.25) is 0 Å². The minimum absolute atomic E-state index is 0.0265. The number of tetrazole rings is 1. The number of rotatable bonds is 6. The predicted molar refractivity (Wildman–Crippen MR) is 63.5 cm³/mol. The van der Waals surface area contributed by atoms with Crippen LogP contribution in [0.15, 0.2) is 6.20 Å².